The zero-order valence-electron chi connectivity index (χ0n) is 8.66. The SMILES string of the molecule is CC(=O)c1cc(C)c([N+](=O)[O-])c(C(F)F)c1. The monoisotopic (exact) mass is 229 g/mol. The summed E-state index contributed by atoms with van der Waals surface area (Å²) in [4.78, 5) is 20.8. The van der Waals surface area contributed by atoms with Crippen LogP contribution >= 0.6 is 0 Å². The van der Waals surface area contributed by atoms with Crippen LogP contribution in [0, 0.1) is 17.0 Å². The molecule has 86 valence electrons. The molecular weight excluding hydrogens is 220 g/mol. The van der Waals surface area contributed by atoms with E-state index in [1.165, 1.54) is 19.9 Å². The van der Waals surface area contributed by atoms with E-state index in [0.717, 1.165) is 6.07 Å². The Morgan fingerprint density at radius 3 is 2.38 bits per heavy atom. The lowest BCUT2D eigenvalue weighted by atomic mass is 10.0. The second kappa shape index (κ2) is 4.34. The summed E-state index contributed by atoms with van der Waals surface area (Å²) in [5.41, 5.74) is -1.22. The van der Waals surface area contributed by atoms with Crippen LogP contribution in [-0.4, -0.2) is 10.7 Å². The van der Waals surface area contributed by atoms with Gasteiger partial charge in [0.25, 0.3) is 12.1 Å². The number of carbonyl (C=O) groups is 1. The first-order valence-electron chi connectivity index (χ1n) is 4.42. The highest BCUT2D eigenvalue weighted by Gasteiger charge is 2.25. The van der Waals surface area contributed by atoms with E-state index in [1.54, 1.807) is 0 Å². The molecular formula is C10H9F2NO3. The van der Waals surface area contributed by atoms with Crippen molar-refractivity contribution in [2.45, 2.75) is 20.3 Å². The second-order valence-electron chi connectivity index (χ2n) is 3.34. The summed E-state index contributed by atoms with van der Waals surface area (Å²) in [5, 5.41) is 10.6. The number of ketones is 1. The van der Waals surface area contributed by atoms with Crippen molar-refractivity contribution in [3.05, 3.63) is 38.9 Å². The molecule has 0 N–H and O–H groups in total. The van der Waals surface area contributed by atoms with Crippen molar-refractivity contribution >= 4 is 11.5 Å². The van der Waals surface area contributed by atoms with Gasteiger partial charge in [-0.2, -0.15) is 0 Å². The van der Waals surface area contributed by atoms with Gasteiger partial charge < -0.3 is 0 Å². The predicted octanol–water partition coefficient (Wildman–Crippen LogP) is 3.04. The van der Waals surface area contributed by atoms with E-state index in [1.807, 2.05) is 0 Å². The molecule has 0 spiro atoms. The molecule has 0 aromatic heterocycles. The number of halogens is 2. The van der Waals surface area contributed by atoms with Gasteiger partial charge in [0.2, 0.25) is 0 Å². The molecule has 0 amide bonds. The highest BCUT2D eigenvalue weighted by atomic mass is 19.3. The number of benzene rings is 1. The molecule has 4 nitrogen and oxygen atoms in total. The Morgan fingerprint density at radius 2 is 2.00 bits per heavy atom. The topological polar surface area (TPSA) is 60.2 Å². The fourth-order valence-electron chi connectivity index (χ4n) is 1.43. The Morgan fingerprint density at radius 1 is 1.44 bits per heavy atom. The van der Waals surface area contributed by atoms with Gasteiger partial charge in [-0.1, -0.05) is 0 Å². The van der Waals surface area contributed by atoms with E-state index in [4.69, 9.17) is 0 Å². The predicted molar refractivity (Wildman–Crippen MR) is 52.8 cm³/mol. The van der Waals surface area contributed by atoms with Crippen molar-refractivity contribution in [3.63, 3.8) is 0 Å². The van der Waals surface area contributed by atoms with Gasteiger partial charge in [0.05, 0.1) is 10.5 Å². The number of hydrogen-bond donors (Lipinski definition) is 0. The normalized spacial score (nSPS) is 10.6. The van der Waals surface area contributed by atoms with Crippen LogP contribution < -0.4 is 0 Å². The standard InChI is InChI=1S/C10H9F2NO3/c1-5-3-7(6(2)14)4-8(10(11)12)9(5)13(15)16/h3-4,10H,1-2H3. The number of carbonyl (C=O) groups excluding carboxylic acids is 1. The number of rotatable bonds is 3. The number of nitro groups is 1. The number of nitrogens with zero attached hydrogens (tertiary/aromatic N) is 1. The minimum absolute atomic E-state index is 0.0541. The Balaban J connectivity index is 3.51. The Bertz CT molecular complexity index is 458. The lowest BCUT2D eigenvalue weighted by molar-refractivity contribution is -0.386. The molecule has 16 heavy (non-hydrogen) atoms. The highest BCUT2D eigenvalue weighted by molar-refractivity contribution is 5.95. The summed E-state index contributed by atoms with van der Waals surface area (Å²) in [5.74, 6) is -0.403. The average Bonchev–Trinajstić information content (AvgIpc) is 2.15. The van der Waals surface area contributed by atoms with Gasteiger partial charge in [-0.3, -0.25) is 14.9 Å². The van der Waals surface area contributed by atoms with Crippen molar-refractivity contribution in [2.24, 2.45) is 0 Å². The van der Waals surface area contributed by atoms with Crippen LogP contribution in [0.1, 0.15) is 34.8 Å². The van der Waals surface area contributed by atoms with Crippen LogP contribution in [0.4, 0.5) is 14.5 Å². The lowest BCUT2D eigenvalue weighted by Gasteiger charge is -2.06. The van der Waals surface area contributed by atoms with Crippen molar-refractivity contribution < 1.29 is 18.5 Å². The van der Waals surface area contributed by atoms with Crippen molar-refractivity contribution in [1.82, 2.24) is 0 Å². The van der Waals surface area contributed by atoms with Gasteiger partial charge in [-0.15, -0.1) is 0 Å². The molecule has 0 saturated carbocycles. The smallest absolute Gasteiger partial charge is 0.281 e. The molecule has 0 aliphatic carbocycles. The van der Waals surface area contributed by atoms with E-state index < -0.39 is 28.4 Å². The van der Waals surface area contributed by atoms with E-state index in [9.17, 15) is 23.7 Å². The zero-order chi connectivity index (χ0) is 12.5. The van der Waals surface area contributed by atoms with E-state index in [0.29, 0.717) is 0 Å². The van der Waals surface area contributed by atoms with Crippen LogP contribution in [0.25, 0.3) is 0 Å². The Labute approximate surface area is 90.0 Å². The third-order valence-corrected chi connectivity index (χ3v) is 2.15. The number of Topliss-reactive ketones (excluding diaryl/α,β-unsaturated/α-hetero) is 1. The fraction of sp³-hybridized carbons (Fsp3) is 0.300. The van der Waals surface area contributed by atoms with Gasteiger partial charge in [0, 0.05) is 11.1 Å². The molecule has 1 aromatic rings. The van der Waals surface area contributed by atoms with E-state index in [-0.39, 0.29) is 11.1 Å². The zero-order valence-corrected chi connectivity index (χ0v) is 8.66. The molecule has 1 rings (SSSR count). The number of aryl methyl sites for hydroxylation is 1. The minimum atomic E-state index is -2.97. The van der Waals surface area contributed by atoms with E-state index >= 15 is 0 Å². The molecule has 6 heteroatoms. The maximum absolute atomic E-state index is 12.6. The molecule has 0 bridgehead atoms. The van der Waals surface area contributed by atoms with E-state index in [2.05, 4.69) is 0 Å². The van der Waals surface area contributed by atoms with Crippen LogP contribution in [0.15, 0.2) is 12.1 Å². The summed E-state index contributed by atoms with van der Waals surface area (Å²) >= 11 is 0. The van der Waals surface area contributed by atoms with Gasteiger partial charge in [-0.05, 0) is 26.0 Å². The maximum Gasteiger partial charge on any atom is 0.281 e. The van der Waals surface area contributed by atoms with Gasteiger partial charge in [0.15, 0.2) is 5.78 Å². The number of hydrogen-bond acceptors (Lipinski definition) is 3. The first kappa shape index (κ1) is 12.2. The first-order chi connectivity index (χ1) is 7.34. The quantitative estimate of drug-likeness (QED) is 0.454. The third kappa shape index (κ3) is 2.21. The summed E-state index contributed by atoms with van der Waals surface area (Å²) in [6.07, 6.45) is -2.97. The Kier molecular flexibility index (Phi) is 3.31. The summed E-state index contributed by atoms with van der Waals surface area (Å²) in [6, 6.07) is 2.12. The van der Waals surface area contributed by atoms with Crippen LogP contribution in [0.3, 0.4) is 0 Å². The molecule has 1 aromatic carbocycles. The number of alkyl halides is 2. The fourth-order valence-corrected chi connectivity index (χ4v) is 1.43. The van der Waals surface area contributed by atoms with Gasteiger partial charge in [0.1, 0.15) is 0 Å². The van der Waals surface area contributed by atoms with Crippen LogP contribution in [0.2, 0.25) is 0 Å². The maximum atomic E-state index is 12.6. The molecule has 0 aliphatic heterocycles. The van der Waals surface area contributed by atoms with Crippen molar-refractivity contribution in [1.29, 1.82) is 0 Å². The van der Waals surface area contributed by atoms with Crippen LogP contribution in [0.5, 0.6) is 0 Å². The minimum Gasteiger partial charge on any atom is -0.295 e. The second-order valence-corrected chi connectivity index (χ2v) is 3.34. The molecule has 0 aliphatic rings. The largest absolute Gasteiger partial charge is 0.295 e. The highest BCUT2D eigenvalue weighted by Crippen LogP contribution is 2.32. The van der Waals surface area contributed by atoms with Gasteiger partial charge >= 0.3 is 0 Å². The molecule has 0 saturated heterocycles. The third-order valence-electron chi connectivity index (χ3n) is 2.15. The first-order valence-corrected chi connectivity index (χ1v) is 4.42. The van der Waals surface area contributed by atoms with Crippen LogP contribution in [-0.2, 0) is 0 Å². The number of nitro benzene ring substituents is 1. The summed E-state index contributed by atoms with van der Waals surface area (Å²) in [6.45, 7) is 2.55. The molecule has 0 radical (unpaired) electrons. The molecule has 0 unspecified atom stereocenters. The molecule has 0 heterocycles. The molecule has 0 fully saturated rings. The summed E-state index contributed by atoms with van der Waals surface area (Å²) < 4.78 is 25.2. The summed E-state index contributed by atoms with van der Waals surface area (Å²) in [7, 11) is 0. The van der Waals surface area contributed by atoms with Crippen molar-refractivity contribution in [2.75, 3.05) is 0 Å². The average molecular weight is 229 g/mol. The van der Waals surface area contributed by atoms with Crippen molar-refractivity contribution in [3.8, 4) is 0 Å². The molecule has 0 atom stereocenters. The lowest BCUT2D eigenvalue weighted by Crippen LogP contribution is -2.03. The van der Waals surface area contributed by atoms with Gasteiger partial charge in [-0.25, -0.2) is 8.78 Å². The Hall–Kier alpha value is -1.85.